The number of hydrogen-bond donors (Lipinski definition) is 1. The average molecular weight is 257 g/mol. The van der Waals surface area contributed by atoms with Gasteiger partial charge in [0.05, 0.1) is 18.0 Å². The Morgan fingerprint density at radius 2 is 2.21 bits per heavy atom. The number of benzene rings is 1. The van der Waals surface area contributed by atoms with Crippen molar-refractivity contribution in [2.45, 2.75) is 25.5 Å². The van der Waals surface area contributed by atoms with Gasteiger partial charge >= 0.3 is 0 Å². The van der Waals surface area contributed by atoms with E-state index in [1.165, 1.54) is 18.4 Å². The van der Waals surface area contributed by atoms with Crippen LogP contribution in [0.2, 0.25) is 0 Å². The number of ether oxygens (including phenoxy) is 1. The molecule has 1 atom stereocenters. The molecule has 1 saturated heterocycles. The van der Waals surface area contributed by atoms with Gasteiger partial charge in [-0.2, -0.15) is 5.10 Å². The van der Waals surface area contributed by atoms with E-state index in [4.69, 9.17) is 4.74 Å². The maximum absolute atomic E-state index is 5.58. The molecule has 2 heterocycles. The van der Waals surface area contributed by atoms with Crippen LogP contribution in [0.4, 0.5) is 0 Å². The lowest BCUT2D eigenvalue weighted by molar-refractivity contribution is 0.110. The van der Waals surface area contributed by atoms with Crippen molar-refractivity contribution < 1.29 is 4.74 Å². The Labute approximate surface area is 113 Å². The first kappa shape index (κ1) is 12.4. The van der Waals surface area contributed by atoms with Gasteiger partial charge in [-0.3, -0.25) is 0 Å². The summed E-state index contributed by atoms with van der Waals surface area (Å²) in [4.78, 5) is 0. The van der Waals surface area contributed by atoms with Gasteiger partial charge in [0.2, 0.25) is 0 Å². The van der Waals surface area contributed by atoms with Crippen LogP contribution in [0.15, 0.2) is 42.7 Å². The molecule has 1 N–H and O–H groups in total. The van der Waals surface area contributed by atoms with Crippen LogP contribution >= 0.6 is 0 Å². The quantitative estimate of drug-likeness (QED) is 0.892. The normalized spacial score (nSPS) is 18.8. The molecule has 0 bridgehead atoms. The highest BCUT2D eigenvalue weighted by Gasteiger charge is 2.14. The van der Waals surface area contributed by atoms with Crippen molar-refractivity contribution in [1.82, 2.24) is 15.1 Å². The van der Waals surface area contributed by atoms with Gasteiger partial charge in [0.25, 0.3) is 0 Å². The Kier molecular flexibility index (Phi) is 3.91. The summed E-state index contributed by atoms with van der Waals surface area (Å²) in [6, 6.07) is 10.2. The SMILES string of the molecule is c1ccc(-n2cc(CNCC3CCCO3)cn2)cc1. The second-order valence-electron chi connectivity index (χ2n) is 4.89. The fraction of sp³-hybridized carbons (Fsp3) is 0.400. The molecule has 1 aliphatic heterocycles. The topological polar surface area (TPSA) is 39.1 Å². The van der Waals surface area contributed by atoms with Crippen LogP contribution in [0.3, 0.4) is 0 Å². The zero-order chi connectivity index (χ0) is 12.9. The zero-order valence-electron chi connectivity index (χ0n) is 11.0. The fourth-order valence-electron chi connectivity index (χ4n) is 2.36. The van der Waals surface area contributed by atoms with Crippen molar-refractivity contribution in [1.29, 1.82) is 0 Å². The second kappa shape index (κ2) is 5.99. The highest BCUT2D eigenvalue weighted by molar-refractivity contribution is 5.30. The van der Waals surface area contributed by atoms with Crippen LogP contribution in [-0.4, -0.2) is 29.0 Å². The molecule has 3 rings (SSSR count). The van der Waals surface area contributed by atoms with E-state index in [2.05, 4.69) is 28.7 Å². The first-order valence-corrected chi connectivity index (χ1v) is 6.83. The van der Waals surface area contributed by atoms with Crippen LogP contribution in [0.25, 0.3) is 5.69 Å². The predicted molar refractivity (Wildman–Crippen MR) is 74.2 cm³/mol. The molecule has 1 fully saturated rings. The number of rotatable bonds is 5. The number of nitrogens with one attached hydrogen (secondary N) is 1. The first-order chi connectivity index (χ1) is 9.42. The van der Waals surface area contributed by atoms with E-state index in [-0.39, 0.29) is 0 Å². The molecular formula is C15H19N3O. The van der Waals surface area contributed by atoms with Crippen molar-refractivity contribution >= 4 is 0 Å². The first-order valence-electron chi connectivity index (χ1n) is 6.83. The summed E-state index contributed by atoms with van der Waals surface area (Å²) < 4.78 is 7.49. The lowest BCUT2D eigenvalue weighted by Crippen LogP contribution is -2.25. The lowest BCUT2D eigenvalue weighted by atomic mass is 10.2. The number of nitrogens with zero attached hydrogens (tertiary/aromatic N) is 2. The molecule has 2 aromatic rings. The van der Waals surface area contributed by atoms with Gasteiger partial charge in [0.15, 0.2) is 0 Å². The van der Waals surface area contributed by atoms with Gasteiger partial charge in [-0.15, -0.1) is 0 Å². The Morgan fingerprint density at radius 1 is 1.32 bits per heavy atom. The predicted octanol–water partition coefficient (Wildman–Crippen LogP) is 2.14. The molecule has 1 unspecified atom stereocenters. The molecule has 19 heavy (non-hydrogen) atoms. The average Bonchev–Trinajstić information content (AvgIpc) is 3.11. The summed E-state index contributed by atoms with van der Waals surface area (Å²) in [5.41, 5.74) is 2.29. The van der Waals surface area contributed by atoms with E-state index in [1.54, 1.807) is 0 Å². The summed E-state index contributed by atoms with van der Waals surface area (Å²) in [6.45, 7) is 2.68. The van der Waals surface area contributed by atoms with E-state index in [1.807, 2.05) is 29.1 Å². The molecule has 4 nitrogen and oxygen atoms in total. The minimum atomic E-state index is 0.393. The number of hydrogen-bond acceptors (Lipinski definition) is 3. The highest BCUT2D eigenvalue weighted by atomic mass is 16.5. The lowest BCUT2D eigenvalue weighted by Gasteiger charge is -2.09. The monoisotopic (exact) mass is 257 g/mol. The minimum Gasteiger partial charge on any atom is -0.377 e. The summed E-state index contributed by atoms with van der Waals surface area (Å²) >= 11 is 0. The summed E-state index contributed by atoms with van der Waals surface area (Å²) in [5, 5.41) is 7.81. The zero-order valence-corrected chi connectivity index (χ0v) is 11.0. The molecule has 100 valence electrons. The number of para-hydroxylation sites is 1. The van der Waals surface area contributed by atoms with E-state index in [9.17, 15) is 0 Å². The number of aromatic nitrogens is 2. The Hall–Kier alpha value is -1.65. The van der Waals surface area contributed by atoms with Crippen molar-refractivity contribution in [2.75, 3.05) is 13.2 Å². The second-order valence-corrected chi connectivity index (χ2v) is 4.89. The molecular weight excluding hydrogens is 238 g/mol. The van der Waals surface area contributed by atoms with Crippen LogP contribution in [0.5, 0.6) is 0 Å². The van der Waals surface area contributed by atoms with E-state index in [0.717, 1.165) is 25.4 Å². The van der Waals surface area contributed by atoms with Gasteiger partial charge in [0, 0.05) is 31.5 Å². The third kappa shape index (κ3) is 3.22. The third-order valence-corrected chi connectivity index (χ3v) is 3.38. The van der Waals surface area contributed by atoms with Crippen LogP contribution in [0, 0.1) is 0 Å². The third-order valence-electron chi connectivity index (χ3n) is 3.38. The minimum absolute atomic E-state index is 0.393. The van der Waals surface area contributed by atoms with Crippen molar-refractivity contribution in [3.05, 3.63) is 48.3 Å². The largest absolute Gasteiger partial charge is 0.377 e. The highest BCUT2D eigenvalue weighted by Crippen LogP contribution is 2.11. The van der Waals surface area contributed by atoms with Gasteiger partial charge < -0.3 is 10.1 Å². The molecule has 0 saturated carbocycles. The molecule has 0 spiro atoms. The van der Waals surface area contributed by atoms with Crippen molar-refractivity contribution in [3.8, 4) is 5.69 Å². The van der Waals surface area contributed by atoms with Gasteiger partial charge in [-0.25, -0.2) is 4.68 Å². The molecule has 0 amide bonds. The fourth-order valence-corrected chi connectivity index (χ4v) is 2.36. The standard InChI is InChI=1S/C15H19N3O/c1-2-5-14(6-3-1)18-12-13(10-17-18)9-16-11-15-7-4-8-19-15/h1-3,5-6,10,12,15-16H,4,7-9,11H2. The van der Waals surface area contributed by atoms with E-state index < -0.39 is 0 Å². The Morgan fingerprint density at radius 3 is 3.00 bits per heavy atom. The summed E-state index contributed by atoms with van der Waals surface area (Å²) in [6.07, 6.45) is 6.74. The van der Waals surface area contributed by atoms with Crippen LogP contribution < -0.4 is 5.32 Å². The van der Waals surface area contributed by atoms with Gasteiger partial charge in [-0.1, -0.05) is 18.2 Å². The molecule has 0 radical (unpaired) electrons. The van der Waals surface area contributed by atoms with E-state index in [0.29, 0.717) is 6.10 Å². The smallest absolute Gasteiger partial charge is 0.0700 e. The van der Waals surface area contributed by atoms with Crippen LogP contribution in [-0.2, 0) is 11.3 Å². The van der Waals surface area contributed by atoms with Gasteiger partial charge in [0.1, 0.15) is 0 Å². The molecule has 1 aliphatic rings. The Balaban J connectivity index is 1.53. The summed E-state index contributed by atoms with van der Waals surface area (Å²) in [5.74, 6) is 0. The maximum atomic E-state index is 5.58. The van der Waals surface area contributed by atoms with E-state index >= 15 is 0 Å². The maximum Gasteiger partial charge on any atom is 0.0700 e. The van der Waals surface area contributed by atoms with Crippen molar-refractivity contribution in [3.63, 3.8) is 0 Å². The van der Waals surface area contributed by atoms with Crippen molar-refractivity contribution in [2.24, 2.45) is 0 Å². The Bertz CT molecular complexity index is 503. The van der Waals surface area contributed by atoms with Crippen LogP contribution in [0.1, 0.15) is 18.4 Å². The molecule has 4 heteroatoms. The molecule has 0 aliphatic carbocycles. The van der Waals surface area contributed by atoms with Gasteiger partial charge in [-0.05, 0) is 25.0 Å². The molecule has 1 aromatic heterocycles. The molecule has 1 aromatic carbocycles. The summed E-state index contributed by atoms with van der Waals surface area (Å²) in [7, 11) is 0.